The molecule has 1 heterocycles. The van der Waals surface area contributed by atoms with Crippen LogP contribution in [0.25, 0.3) is 0 Å². The molecule has 0 radical (unpaired) electrons. The molecule has 2 aliphatic carbocycles. The molecule has 3 N–H and O–H groups in total. The number of hydrogen-bond donors (Lipinski definition) is 3. The largest absolute Gasteiger partial charge is 0.469 e. The molecule has 25 heavy (non-hydrogen) atoms. The van der Waals surface area contributed by atoms with E-state index in [1.54, 1.807) is 6.26 Å². The van der Waals surface area contributed by atoms with Crippen molar-refractivity contribution in [1.82, 2.24) is 10.6 Å². The lowest BCUT2D eigenvalue weighted by Crippen LogP contribution is -2.46. The molecule has 1 aromatic rings. The van der Waals surface area contributed by atoms with Crippen LogP contribution < -0.4 is 10.6 Å². The molecule has 2 fully saturated rings. The number of nitrogens with zero attached hydrogens (tertiary/aromatic N) is 1. The van der Waals surface area contributed by atoms with Crippen molar-refractivity contribution in [1.29, 1.82) is 0 Å². The van der Waals surface area contributed by atoms with Crippen molar-refractivity contribution in [3.63, 3.8) is 0 Å². The Morgan fingerprint density at radius 1 is 1.20 bits per heavy atom. The van der Waals surface area contributed by atoms with Gasteiger partial charge in [0.15, 0.2) is 5.96 Å². The van der Waals surface area contributed by atoms with E-state index in [1.165, 1.54) is 25.7 Å². The number of fused-ring (bicyclic) bond motifs is 2. The zero-order valence-corrected chi connectivity index (χ0v) is 15.3. The lowest BCUT2D eigenvalue weighted by atomic mass is 9.95. The van der Waals surface area contributed by atoms with Gasteiger partial charge in [0.1, 0.15) is 5.76 Å². The number of aliphatic hydroxyl groups is 1. The van der Waals surface area contributed by atoms with Crippen LogP contribution >= 0.6 is 0 Å². The van der Waals surface area contributed by atoms with Crippen molar-refractivity contribution < 1.29 is 9.52 Å². The van der Waals surface area contributed by atoms with Crippen molar-refractivity contribution in [3.8, 4) is 0 Å². The normalized spacial score (nSPS) is 25.5. The number of furan rings is 1. The van der Waals surface area contributed by atoms with Crippen LogP contribution in [0, 0.1) is 11.8 Å². The highest BCUT2D eigenvalue weighted by atomic mass is 16.3. The predicted molar refractivity (Wildman–Crippen MR) is 101 cm³/mol. The molecule has 1 aromatic heterocycles. The Morgan fingerprint density at radius 3 is 2.84 bits per heavy atom. The first-order chi connectivity index (χ1) is 12.3. The highest BCUT2D eigenvalue weighted by molar-refractivity contribution is 5.80. The van der Waals surface area contributed by atoms with Crippen LogP contribution in [-0.2, 0) is 6.42 Å². The second-order valence-electron chi connectivity index (χ2n) is 7.55. The fourth-order valence-electron chi connectivity index (χ4n) is 4.28. The minimum atomic E-state index is 0.300. The van der Waals surface area contributed by atoms with Crippen molar-refractivity contribution >= 4 is 5.96 Å². The van der Waals surface area contributed by atoms with Crippen molar-refractivity contribution in [2.75, 3.05) is 19.7 Å². The van der Waals surface area contributed by atoms with Gasteiger partial charge < -0.3 is 20.2 Å². The topological polar surface area (TPSA) is 69.8 Å². The van der Waals surface area contributed by atoms with E-state index >= 15 is 0 Å². The first-order valence-corrected chi connectivity index (χ1v) is 10.0. The second-order valence-corrected chi connectivity index (χ2v) is 7.55. The van der Waals surface area contributed by atoms with Crippen LogP contribution in [0.3, 0.4) is 0 Å². The molecular weight excluding hydrogens is 314 g/mol. The van der Waals surface area contributed by atoms with Gasteiger partial charge >= 0.3 is 0 Å². The van der Waals surface area contributed by atoms with Gasteiger partial charge in [-0.15, -0.1) is 0 Å². The molecule has 0 aromatic carbocycles. The Morgan fingerprint density at radius 2 is 2.12 bits per heavy atom. The van der Waals surface area contributed by atoms with Crippen LogP contribution in [0.4, 0.5) is 0 Å². The number of unbranched alkanes of at least 4 members (excludes halogenated alkanes) is 3. The van der Waals surface area contributed by atoms with E-state index in [1.807, 2.05) is 12.1 Å². The third-order valence-corrected chi connectivity index (χ3v) is 5.64. The van der Waals surface area contributed by atoms with Crippen molar-refractivity contribution in [2.45, 2.75) is 63.8 Å². The van der Waals surface area contributed by atoms with Gasteiger partial charge in [0, 0.05) is 32.2 Å². The van der Waals surface area contributed by atoms with E-state index in [0.717, 1.165) is 68.7 Å². The maximum atomic E-state index is 8.84. The number of aliphatic hydroxyl groups excluding tert-OH is 1. The van der Waals surface area contributed by atoms with Gasteiger partial charge in [0.2, 0.25) is 0 Å². The van der Waals surface area contributed by atoms with Crippen LogP contribution in [0.5, 0.6) is 0 Å². The van der Waals surface area contributed by atoms with Crippen LogP contribution in [0.2, 0.25) is 0 Å². The monoisotopic (exact) mass is 347 g/mol. The maximum absolute atomic E-state index is 8.84. The third-order valence-electron chi connectivity index (χ3n) is 5.64. The molecule has 3 rings (SSSR count). The smallest absolute Gasteiger partial charge is 0.191 e. The van der Waals surface area contributed by atoms with Gasteiger partial charge in [-0.1, -0.05) is 19.3 Å². The highest BCUT2D eigenvalue weighted by Gasteiger charge is 2.39. The Bertz CT molecular complexity index is 515. The minimum Gasteiger partial charge on any atom is -0.469 e. The molecule has 2 saturated carbocycles. The number of nitrogens with one attached hydrogen (secondary N) is 2. The zero-order valence-electron chi connectivity index (χ0n) is 15.3. The Hall–Kier alpha value is -1.49. The lowest BCUT2D eigenvalue weighted by molar-refractivity contribution is 0.282. The average molecular weight is 348 g/mol. The van der Waals surface area contributed by atoms with Gasteiger partial charge in [-0.3, -0.25) is 4.99 Å². The molecule has 2 aliphatic rings. The van der Waals surface area contributed by atoms with Gasteiger partial charge in [-0.05, 0) is 56.1 Å². The molecule has 2 bridgehead atoms. The van der Waals surface area contributed by atoms with Crippen LogP contribution in [0.15, 0.2) is 27.8 Å². The number of rotatable bonds is 10. The summed E-state index contributed by atoms with van der Waals surface area (Å²) >= 11 is 0. The summed E-state index contributed by atoms with van der Waals surface area (Å²) in [7, 11) is 0. The molecule has 5 nitrogen and oxygen atoms in total. The summed E-state index contributed by atoms with van der Waals surface area (Å²) in [4.78, 5) is 4.79. The Balaban J connectivity index is 1.44. The van der Waals surface area contributed by atoms with Gasteiger partial charge in [-0.2, -0.15) is 0 Å². The van der Waals surface area contributed by atoms with Gasteiger partial charge in [0.05, 0.1) is 6.26 Å². The van der Waals surface area contributed by atoms with Crippen molar-refractivity contribution in [3.05, 3.63) is 24.2 Å². The molecule has 140 valence electrons. The first kappa shape index (κ1) is 18.3. The van der Waals surface area contributed by atoms with E-state index in [9.17, 15) is 0 Å². The summed E-state index contributed by atoms with van der Waals surface area (Å²) in [5.41, 5.74) is 0. The molecule has 5 heteroatoms. The minimum absolute atomic E-state index is 0.300. The van der Waals surface area contributed by atoms with E-state index in [2.05, 4.69) is 10.6 Å². The fourth-order valence-corrected chi connectivity index (χ4v) is 4.28. The molecule has 0 amide bonds. The number of aliphatic imine (C=N–C) groups is 1. The number of hydrogen-bond acceptors (Lipinski definition) is 3. The summed E-state index contributed by atoms with van der Waals surface area (Å²) in [6, 6.07) is 4.55. The van der Waals surface area contributed by atoms with Crippen LogP contribution in [-0.4, -0.2) is 36.8 Å². The third kappa shape index (κ3) is 5.77. The molecule has 0 spiro atoms. The lowest BCUT2D eigenvalue weighted by Gasteiger charge is -2.25. The Kier molecular flexibility index (Phi) is 7.22. The fraction of sp³-hybridized carbons (Fsp3) is 0.750. The summed E-state index contributed by atoms with van der Waals surface area (Å²) in [6.07, 6.45) is 12.3. The summed E-state index contributed by atoms with van der Waals surface area (Å²) in [5, 5.41) is 16.0. The molecule has 0 aliphatic heterocycles. The predicted octanol–water partition coefficient (Wildman–Crippen LogP) is 3.10. The van der Waals surface area contributed by atoms with Gasteiger partial charge in [-0.25, -0.2) is 0 Å². The zero-order chi connectivity index (χ0) is 17.3. The molecule has 0 saturated heterocycles. The standard InChI is InChI=1S/C20H33N3O2/c24-12-4-2-1-3-10-21-20(22-11-9-18-6-5-13-25-18)23-19-15-16-7-8-17(19)14-16/h5-6,13,16-17,19,24H,1-4,7-12,14-15H2,(H2,21,22,23). The maximum Gasteiger partial charge on any atom is 0.191 e. The Labute approximate surface area is 151 Å². The van der Waals surface area contributed by atoms with Crippen LogP contribution in [0.1, 0.15) is 57.1 Å². The number of guanidine groups is 1. The van der Waals surface area contributed by atoms with E-state index in [0.29, 0.717) is 12.6 Å². The quantitative estimate of drug-likeness (QED) is 0.346. The summed E-state index contributed by atoms with van der Waals surface area (Å²) in [5.74, 6) is 3.75. The molecular formula is C20H33N3O2. The van der Waals surface area contributed by atoms with Crippen molar-refractivity contribution in [2.24, 2.45) is 16.8 Å². The second kappa shape index (κ2) is 9.85. The SMILES string of the molecule is OCCCCCCN=C(NCCc1ccco1)NC1CC2CCC1C2. The van der Waals surface area contributed by atoms with E-state index < -0.39 is 0 Å². The van der Waals surface area contributed by atoms with E-state index in [4.69, 9.17) is 14.5 Å². The summed E-state index contributed by atoms with van der Waals surface area (Å²) in [6.45, 7) is 1.99. The van der Waals surface area contributed by atoms with Gasteiger partial charge in [0.25, 0.3) is 0 Å². The molecule has 3 unspecified atom stereocenters. The summed E-state index contributed by atoms with van der Waals surface area (Å²) < 4.78 is 5.40. The average Bonchev–Trinajstić information content (AvgIpc) is 3.35. The highest BCUT2D eigenvalue weighted by Crippen LogP contribution is 2.44. The van der Waals surface area contributed by atoms with E-state index in [-0.39, 0.29) is 0 Å². The molecule has 3 atom stereocenters. The first-order valence-electron chi connectivity index (χ1n) is 10.0.